The Morgan fingerprint density at radius 1 is 0.879 bits per heavy atom. The Balaban J connectivity index is 1.41. The van der Waals surface area contributed by atoms with E-state index in [1.54, 1.807) is 0 Å². The maximum atomic E-state index is 11.1. The van der Waals surface area contributed by atoms with Gasteiger partial charge in [-0.25, -0.2) is 0 Å². The fourth-order valence-electron chi connectivity index (χ4n) is 4.13. The smallest absolute Gasteiger partial charge is 0.186 e. The summed E-state index contributed by atoms with van der Waals surface area (Å²) in [6, 6.07) is 19.8. The van der Waals surface area contributed by atoms with Gasteiger partial charge in [0.15, 0.2) is 12.1 Å². The molecule has 2 aliphatic rings. The van der Waals surface area contributed by atoms with Crippen LogP contribution in [0.1, 0.15) is 31.9 Å². The monoisotopic (exact) mass is 458 g/mol. The van der Waals surface area contributed by atoms with Gasteiger partial charge < -0.3 is 33.5 Å². The van der Waals surface area contributed by atoms with Crippen molar-refractivity contribution in [2.45, 2.75) is 76.6 Å². The van der Waals surface area contributed by atoms with Crippen LogP contribution in [-0.4, -0.2) is 60.9 Å². The maximum Gasteiger partial charge on any atom is 0.186 e. The van der Waals surface area contributed by atoms with Gasteiger partial charge in [-0.05, 0) is 31.9 Å². The third-order valence-corrected chi connectivity index (χ3v) is 5.83. The van der Waals surface area contributed by atoms with Crippen molar-refractivity contribution in [3.05, 3.63) is 71.8 Å². The number of rotatable bonds is 9. The van der Waals surface area contributed by atoms with Gasteiger partial charge in [-0.2, -0.15) is 0 Å². The van der Waals surface area contributed by atoms with Gasteiger partial charge in [0.2, 0.25) is 0 Å². The number of aliphatic hydroxyl groups excluding tert-OH is 1. The van der Waals surface area contributed by atoms with E-state index in [1.807, 2.05) is 81.4 Å². The molecule has 2 aromatic carbocycles. The number of ether oxygens (including phenoxy) is 6. The highest BCUT2D eigenvalue weighted by atomic mass is 16.8. The lowest BCUT2D eigenvalue weighted by atomic mass is 9.99. The second-order valence-corrected chi connectivity index (χ2v) is 9.01. The van der Waals surface area contributed by atoms with Crippen molar-refractivity contribution in [2.24, 2.45) is 0 Å². The van der Waals surface area contributed by atoms with Crippen LogP contribution < -0.4 is 0 Å². The topological polar surface area (TPSA) is 75.6 Å². The SMILES string of the molecule is C[C@@H]1O[C@H](OC[C@H]2COC(C)(C)O2)[C@H](O)[C@H](OCc2ccccc2)[C@H]1OCc1ccccc1. The van der Waals surface area contributed by atoms with Crippen LogP contribution in [0.2, 0.25) is 0 Å². The van der Waals surface area contributed by atoms with Crippen molar-refractivity contribution in [3.8, 4) is 0 Å². The van der Waals surface area contributed by atoms with Gasteiger partial charge in [0.25, 0.3) is 0 Å². The van der Waals surface area contributed by atoms with Crippen LogP contribution >= 0.6 is 0 Å². The molecule has 180 valence electrons. The lowest BCUT2D eigenvalue weighted by molar-refractivity contribution is -0.313. The van der Waals surface area contributed by atoms with Crippen LogP contribution in [0, 0.1) is 0 Å². The Bertz CT molecular complexity index is 844. The van der Waals surface area contributed by atoms with Gasteiger partial charge in [0, 0.05) is 0 Å². The van der Waals surface area contributed by atoms with E-state index in [1.165, 1.54) is 0 Å². The highest BCUT2D eigenvalue weighted by Gasteiger charge is 2.46. The van der Waals surface area contributed by atoms with E-state index in [9.17, 15) is 5.11 Å². The summed E-state index contributed by atoms with van der Waals surface area (Å²) in [6.07, 6.45) is -3.54. The average Bonchev–Trinajstić information content (AvgIpc) is 3.17. The fraction of sp³-hybridized carbons (Fsp3) is 0.538. The first-order valence-corrected chi connectivity index (χ1v) is 11.5. The second kappa shape index (κ2) is 11.1. The zero-order valence-corrected chi connectivity index (χ0v) is 19.5. The molecule has 0 bridgehead atoms. The molecule has 0 spiro atoms. The van der Waals surface area contributed by atoms with E-state index in [-0.39, 0.29) is 18.8 Å². The molecule has 2 heterocycles. The van der Waals surface area contributed by atoms with Crippen LogP contribution in [0.4, 0.5) is 0 Å². The van der Waals surface area contributed by atoms with Gasteiger partial charge in [-0.3, -0.25) is 0 Å². The molecule has 0 aliphatic carbocycles. The first-order valence-electron chi connectivity index (χ1n) is 11.5. The van der Waals surface area contributed by atoms with Crippen LogP contribution in [0.25, 0.3) is 0 Å². The molecule has 0 amide bonds. The minimum absolute atomic E-state index is 0.221. The van der Waals surface area contributed by atoms with Crippen LogP contribution in [0.3, 0.4) is 0 Å². The quantitative estimate of drug-likeness (QED) is 0.617. The van der Waals surface area contributed by atoms with Gasteiger partial charge in [0.1, 0.15) is 24.4 Å². The molecule has 2 aliphatic heterocycles. The molecule has 33 heavy (non-hydrogen) atoms. The lowest BCUT2D eigenvalue weighted by Gasteiger charge is -2.43. The predicted molar refractivity (Wildman–Crippen MR) is 121 cm³/mol. The van der Waals surface area contributed by atoms with E-state index < -0.39 is 30.4 Å². The minimum Gasteiger partial charge on any atom is -0.385 e. The molecular formula is C26H34O7. The van der Waals surface area contributed by atoms with Crippen molar-refractivity contribution < 1.29 is 33.5 Å². The van der Waals surface area contributed by atoms with Crippen LogP contribution in [-0.2, 0) is 41.6 Å². The molecule has 4 rings (SSSR count). The Morgan fingerprint density at radius 3 is 2.00 bits per heavy atom. The minimum atomic E-state index is -1.03. The molecular weight excluding hydrogens is 424 g/mol. The predicted octanol–water partition coefficient (Wildman–Crippen LogP) is 3.43. The van der Waals surface area contributed by atoms with Gasteiger partial charge in [0.05, 0.1) is 32.5 Å². The van der Waals surface area contributed by atoms with Crippen molar-refractivity contribution in [1.29, 1.82) is 0 Å². The van der Waals surface area contributed by atoms with E-state index in [0.717, 1.165) is 11.1 Å². The summed E-state index contributed by atoms with van der Waals surface area (Å²) >= 11 is 0. The molecule has 7 nitrogen and oxygen atoms in total. The first-order chi connectivity index (χ1) is 15.9. The Morgan fingerprint density at radius 2 is 1.45 bits per heavy atom. The van der Waals surface area contributed by atoms with E-state index in [4.69, 9.17) is 28.4 Å². The summed E-state index contributed by atoms with van der Waals surface area (Å²) in [7, 11) is 0. The number of hydrogen-bond acceptors (Lipinski definition) is 7. The fourth-order valence-corrected chi connectivity index (χ4v) is 4.13. The second-order valence-electron chi connectivity index (χ2n) is 9.01. The normalized spacial score (nSPS) is 31.5. The standard InChI is InChI=1S/C26H34O7/c1-18-23(28-14-19-10-6-4-7-11-19)24(29-15-20-12-8-5-9-13-20)22(27)25(32-18)30-16-21-17-31-26(2,3)33-21/h4-13,18,21-25,27H,14-17H2,1-3H3/t18-,21-,22+,23-,24-,25-/m0/s1. The van der Waals surface area contributed by atoms with Crippen molar-refractivity contribution in [1.82, 2.24) is 0 Å². The zero-order chi connectivity index (χ0) is 23.3. The first kappa shape index (κ1) is 24.3. The number of benzene rings is 2. The average molecular weight is 459 g/mol. The maximum absolute atomic E-state index is 11.1. The Hall–Kier alpha value is -1.84. The molecule has 6 atom stereocenters. The molecule has 2 aromatic rings. The molecule has 0 aromatic heterocycles. The van der Waals surface area contributed by atoms with E-state index >= 15 is 0 Å². The highest BCUT2D eigenvalue weighted by Crippen LogP contribution is 2.29. The van der Waals surface area contributed by atoms with Crippen molar-refractivity contribution >= 4 is 0 Å². The highest BCUT2D eigenvalue weighted by molar-refractivity contribution is 5.14. The lowest BCUT2D eigenvalue weighted by Crippen LogP contribution is -2.59. The van der Waals surface area contributed by atoms with Gasteiger partial charge >= 0.3 is 0 Å². The third-order valence-electron chi connectivity index (χ3n) is 5.83. The van der Waals surface area contributed by atoms with E-state index in [0.29, 0.717) is 19.8 Å². The Kier molecular flexibility index (Phi) is 8.14. The summed E-state index contributed by atoms with van der Waals surface area (Å²) in [4.78, 5) is 0. The molecule has 2 fully saturated rings. The molecule has 2 saturated heterocycles. The molecule has 0 radical (unpaired) electrons. The third kappa shape index (κ3) is 6.61. The summed E-state index contributed by atoms with van der Waals surface area (Å²) in [5.41, 5.74) is 2.06. The summed E-state index contributed by atoms with van der Waals surface area (Å²) in [5, 5.41) is 11.1. The molecule has 7 heteroatoms. The van der Waals surface area contributed by atoms with E-state index in [2.05, 4.69) is 0 Å². The van der Waals surface area contributed by atoms with Crippen molar-refractivity contribution in [3.63, 3.8) is 0 Å². The van der Waals surface area contributed by atoms with Crippen LogP contribution in [0.15, 0.2) is 60.7 Å². The molecule has 0 saturated carbocycles. The number of aliphatic hydroxyl groups is 1. The van der Waals surface area contributed by atoms with Crippen molar-refractivity contribution in [2.75, 3.05) is 13.2 Å². The number of hydrogen-bond donors (Lipinski definition) is 1. The molecule has 1 N–H and O–H groups in total. The van der Waals surface area contributed by atoms with Gasteiger partial charge in [-0.1, -0.05) is 60.7 Å². The van der Waals surface area contributed by atoms with Crippen LogP contribution in [0.5, 0.6) is 0 Å². The largest absolute Gasteiger partial charge is 0.385 e. The Labute approximate surface area is 195 Å². The zero-order valence-electron chi connectivity index (χ0n) is 19.5. The van der Waals surface area contributed by atoms with Gasteiger partial charge in [-0.15, -0.1) is 0 Å². The summed E-state index contributed by atoms with van der Waals surface area (Å²) in [6.45, 7) is 7.06. The summed E-state index contributed by atoms with van der Waals surface area (Å²) < 4.78 is 35.7. The molecule has 0 unspecified atom stereocenters. The summed E-state index contributed by atoms with van der Waals surface area (Å²) in [5.74, 6) is -0.634.